The molecule has 1 fully saturated rings. The summed E-state index contributed by atoms with van der Waals surface area (Å²) in [4.78, 5) is 32.1. The number of halogens is 1. The summed E-state index contributed by atoms with van der Waals surface area (Å²) in [5, 5.41) is 0. The standard InChI is InChI=1S/C18H18FN3O2/c19-15-5-3-4-14(12-15)13-22-11-10-21(9-7-17(22)23)18(24)16-6-1-2-8-20-16/h1-6,8,12H,7,9-11,13H2. The molecular formula is C18H18FN3O2. The number of aromatic nitrogens is 1. The van der Waals surface area contributed by atoms with Gasteiger partial charge in [0.2, 0.25) is 5.91 Å². The minimum Gasteiger partial charge on any atom is -0.337 e. The van der Waals surface area contributed by atoms with Crippen LogP contribution in [0.5, 0.6) is 0 Å². The molecule has 0 N–H and O–H groups in total. The average Bonchev–Trinajstić information content (AvgIpc) is 2.78. The average molecular weight is 327 g/mol. The van der Waals surface area contributed by atoms with E-state index < -0.39 is 0 Å². The topological polar surface area (TPSA) is 53.5 Å². The van der Waals surface area contributed by atoms with Crippen LogP contribution in [0.1, 0.15) is 22.5 Å². The zero-order chi connectivity index (χ0) is 16.9. The molecule has 0 unspecified atom stereocenters. The summed E-state index contributed by atoms with van der Waals surface area (Å²) >= 11 is 0. The van der Waals surface area contributed by atoms with E-state index in [9.17, 15) is 14.0 Å². The summed E-state index contributed by atoms with van der Waals surface area (Å²) in [5.41, 5.74) is 1.12. The molecule has 5 nitrogen and oxygen atoms in total. The van der Waals surface area contributed by atoms with Gasteiger partial charge in [0.1, 0.15) is 11.5 Å². The Bertz CT molecular complexity index is 736. The fourth-order valence-corrected chi connectivity index (χ4v) is 2.74. The Kier molecular flexibility index (Phi) is 4.84. The molecule has 3 rings (SSSR count). The predicted molar refractivity (Wildman–Crippen MR) is 86.6 cm³/mol. The molecule has 0 bridgehead atoms. The van der Waals surface area contributed by atoms with Crippen LogP contribution in [0.2, 0.25) is 0 Å². The minimum atomic E-state index is -0.318. The van der Waals surface area contributed by atoms with Gasteiger partial charge < -0.3 is 9.80 Å². The van der Waals surface area contributed by atoms with Crippen LogP contribution in [-0.2, 0) is 11.3 Å². The number of pyridine rings is 1. The van der Waals surface area contributed by atoms with E-state index in [4.69, 9.17) is 0 Å². The molecule has 2 aromatic rings. The number of carbonyl (C=O) groups is 2. The van der Waals surface area contributed by atoms with E-state index >= 15 is 0 Å². The zero-order valence-electron chi connectivity index (χ0n) is 13.2. The maximum absolute atomic E-state index is 13.3. The Hall–Kier alpha value is -2.76. The van der Waals surface area contributed by atoms with Crippen molar-refractivity contribution in [1.82, 2.24) is 14.8 Å². The first-order valence-corrected chi connectivity index (χ1v) is 7.86. The molecule has 2 heterocycles. The van der Waals surface area contributed by atoms with Crippen molar-refractivity contribution in [3.63, 3.8) is 0 Å². The van der Waals surface area contributed by atoms with E-state index in [1.54, 1.807) is 46.3 Å². The second-order valence-corrected chi connectivity index (χ2v) is 5.70. The first-order valence-electron chi connectivity index (χ1n) is 7.86. The summed E-state index contributed by atoms with van der Waals surface area (Å²) in [7, 11) is 0. The van der Waals surface area contributed by atoms with Gasteiger partial charge >= 0.3 is 0 Å². The molecule has 24 heavy (non-hydrogen) atoms. The van der Waals surface area contributed by atoms with Gasteiger partial charge in [-0.3, -0.25) is 14.6 Å². The zero-order valence-corrected chi connectivity index (χ0v) is 13.2. The van der Waals surface area contributed by atoms with Crippen LogP contribution in [-0.4, -0.2) is 46.2 Å². The van der Waals surface area contributed by atoms with Gasteiger partial charge in [0.25, 0.3) is 5.91 Å². The molecular weight excluding hydrogens is 309 g/mol. The molecule has 0 aliphatic carbocycles. The van der Waals surface area contributed by atoms with Gasteiger partial charge in [0.15, 0.2) is 0 Å². The largest absolute Gasteiger partial charge is 0.337 e. The highest BCUT2D eigenvalue weighted by molar-refractivity contribution is 5.92. The molecule has 1 aromatic carbocycles. The third-order valence-electron chi connectivity index (χ3n) is 4.02. The molecule has 1 saturated heterocycles. The Morgan fingerprint density at radius 2 is 2.00 bits per heavy atom. The summed E-state index contributed by atoms with van der Waals surface area (Å²) in [6, 6.07) is 11.4. The molecule has 0 radical (unpaired) electrons. The van der Waals surface area contributed by atoms with E-state index in [1.165, 1.54) is 12.1 Å². The highest BCUT2D eigenvalue weighted by Gasteiger charge is 2.25. The molecule has 124 valence electrons. The monoisotopic (exact) mass is 327 g/mol. The Morgan fingerprint density at radius 1 is 1.12 bits per heavy atom. The third-order valence-corrected chi connectivity index (χ3v) is 4.02. The normalized spacial score (nSPS) is 15.3. The summed E-state index contributed by atoms with van der Waals surface area (Å²) in [5.74, 6) is -0.520. The van der Waals surface area contributed by atoms with Crippen molar-refractivity contribution in [1.29, 1.82) is 0 Å². The number of rotatable bonds is 3. The van der Waals surface area contributed by atoms with Crippen LogP contribution in [0.15, 0.2) is 48.7 Å². The van der Waals surface area contributed by atoms with Crippen molar-refractivity contribution in [2.75, 3.05) is 19.6 Å². The number of carbonyl (C=O) groups excluding carboxylic acids is 2. The van der Waals surface area contributed by atoms with Crippen LogP contribution in [0.4, 0.5) is 4.39 Å². The summed E-state index contributed by atoms with van der Waals surface area (Å²) < 4.78 is 13.3. The van der Waals surface area contributed by atoms with E-state index in [0.717, 1.165) is 5.56 Å². The first kappa shape index (κ1) is 16.1. The lowest BCUT2D eigenvalue weighted by atomic mass is 10.2. The SMILES string of the molecule is O=C1CCN(C(=O)c2ccccn2)CCN1Cc1cccc(F)c1. The highest BCUT2D eigenvalue weighted by Crippen LogP contribution is 2.13. The van der Waals surface area contributed by atoms with Crippen molar-refractivity contribution in [2.45, 2.75) is 13.0 Å². The summed E-state index contributed by atoms with van der Waals surface area (Å²) in [6.07, 6.45) is 1.83. The van der Waals surface area contributed by atoms with Crippen LogP contribution >= 0.6 is 0 Å². The summed E-state index contributed by atoms with van der Waals surface area (Å²) in [6.45, 7) is 1.58. The highest BCUT2D eigenvalue weighted by atomic mass is 19.1. The van der Waals surface area contributed by atoms with Crippen molar-refractivity contribution in [2.24, 2.45) is 0 Å². The van der Waals surface area contributed by atoms with E-state index in [0.29, 0.717) is 31.9 Å². The molecule has 2 amide bonds. The van der Waals surface area contributed by atoms with Gasteiger partial charge in [-0.2, -0.15) is 0 Å². The minimum absolute atomic E-state index is 0.0319. The van der Waals surface area contributed by atoms with Crippen molar-refractivity contribution >= 4 is 11.8 Å². The fourth-order valence-electron chi connectivity index (χ4n) is 2.74. The molecule has 6 heteroatoms. The smallest absolute Gasteiger partial charge is 0.272 e. The van der Waals surface area contributed by atoms with E-state index in [1.807, 2.05) is 0 Å². The van der Waals surface area contributed by atoms with Gasteiger partial charge in [-0.1, -0.05) is 18.2 Å². The lowest BCUT2D eigenvalue weighted by Gasteiger charge is -2.22. The number of benzene rings is 1. The Labute approximate surface area is 139 Å². The molecule has 1 aromatic heterocycles. The predicted octanol–water partition coefficient (Wildman–Crippen LogP) is 2.10. The van der Waals surface area contributed by atoms with Gasteiger partial charge in [-0.05, 0) is 29.8 Å². The van der Waals surface area contributed by atoms with Crippen LogP contribution < -0.4 is 0 Å². The number of amides is 2. The molecule has 1 aliphatic heterocycles. The van der Waals surface area contributed by atoms with Gasteiger partial charge in [0.05, 0.1) is 0 Å². The quantitative estimate of drug-likeness (QED) is 0.867. The number of hydrogen-bond donors (Lipinski definition) is 0. The Morgan fingerprint density at radius 3 is 2.75 bits per heavy atom. The second-order valence-electron chi connectivity index (χ2n) is 5.70. The van der Waals surface area contributed by atoms with Gasteiger partial charge in [-0.15, -0.1) is 0 Å². The van der Waals surface area contributed by atoms with E-state index in [2.05, 4.69) is 4.98 Å². The van der Waals surface area contributed by atoms with E-state index in [-0.39, 0.29) is 24.1 Å². The van der Waals surface area contributed by atoms with Crippen molar-refractivity contribution in [3.05, 3.63) is 65.7 Å². The van der Waals surface area contributed by atoms with Crippen molar-refractivity contribution < 1.29 is 14.0 Å². The Balaban J connectivity index is 1.67. The van der Waals surface area contributed by atoms with Crippen LogP contribution in [0.3, 0.4) is 0 Å². The van der Waals surface area contributed by atoms with Crippen molar-refractivity contribution in [3.8, 4) is 0 Å². The number of nitrogens with zero attached hydrogens (tertiary/aromatic N) is 3. The third kappa shape index (κ3) is 3.76. The first-order chi connectivity index (χ1) is 11.6. The van der Waals surface area contributed by atoms with Crippen LogP contribution in [0, 0.1) is 5.82 Å². The lowest BCUT2D eigenvalue weighted by molar-refractivity contribution is -0.130. The lowest BCUT2D eigenvalue weighted by Crippen LogP contribution is -2.36. The maximum atomic E-state index is 13.3. The molecule has 1 aliphatic rings. The van der Waals surface area contributed by atoms with Gasteiger partial charge in [-0.25, -0.2) is 4.39 Å². The second kappa shape index (κ2) is 7.21. The molecule has 0 spiro atoms. The molecule has 0 saturated carbocycles. The van der Waals surface area contributed by atoms with Gasteiger partial charge in [0, 0.05) is 38.8 Å². The van der Waals surface area contributed by atoms with Crippen LogP contribution in [0.25, 0.3) is 0 Å². The fraction of sp³-hybridized carbons (Fsp3) is 0.278. The molecule has 0 atom stereocenters. The maximum Gasteiger partial charge on any atom is 0.272 e. The number of hydrogen-bond acceptors (Lipinski definition) is 3.